The predicted molar refractivity (Wildman–Crippen MR) is 197 cm³/mol. The first kappa shape index (κ1) is 41.1. The van der Waals surface area contributed by atoms with Crippen LogP contribution in [0.5, 0.6) is 0 Å². The molecule has 0 saturated carbocycles. The van der Waals surface area contributed by atoms with Crippen LogP contribution in [0.3, 0.4) is 0 Å². The van der Waals surface area contributed by atoms with E-state index in [0.29, 0.717) is 32.2 Å². The SMILES string of the molecule is CC(=O)OC(OC(C)=O)O[P+](=O)OCC(Cc1ccccc1)NC(=O)N1CCCC[C@H]1C(=O)OC(CCCc1ccccc1)CCCc1ccccc1. The number of carbonyl (C=O) groups is 4. The van der Waals surface area contributed by atoms with Gasteiger partial charge in [-0.3, -0.25) is 9.59 Å². The Kier molecular flexibility index (Phi) is 17.4. The topological polar surface area (TPSA) is 147 Å². The number of likely N-dealkylation sites (tertiary alicyclic amines) is 1. The maximum absolute atomic E-state index is 13.9. The second kappa shape index (κ2) is 22.4. The van der Waals surface area contributed by atoms with Gasteiger partial charge in [-0.15, -0.1) is 4.52 Å². The number of benzene rings is 3. The summed E-state index contributed by atoms with van der Waals surface area (Å²) in [4.78, 5) is 52.0. The second-order valence-electron chi connectivity index (χ2n) is 13.0. The van der Waals surface area contributed by atoms with Crippen LogP contribution in [-0.4, -0.2) is 66.7 Å². The molecule has 2 unspecified atom stereocenters. The van der Waals surface area contributed by atoms with Gasteiger partial charge in [-0.1, -0.05) is 91.0 Å². The number of ether oxygens (including phenoxy) is 3. The van der Waals surface area contributed by atoms with Crippen molar-refractivity contribution in [2.45, 2.75) is 103 Å². The first-order chi connectivity index (χ1) is 25.7. The van der Waals surface area contributed by atoms with E-state index in [-0.39, 0.29) is 12.7 Å². The van der Waals surface area contributed by atoms with E-state index in [1.165, 1.54) is 16.0 Å². The van der Waals surface area contributed by atoms with E-state index in [1.807, 2.05) is 66.7 Å². The molecule has 1 aliphatic rings. The summed E-state index contributed by atoms with van der Waals surface area (Å²) in [6.45, 7) is 0.371. The number of urea groups is 1. The van der Waals surface area contributed by atoms with Crippen LogP contribution in [0.2, 0.25) is 0 Å². The zero-order valence-corrected chi connectivity index (χ0v) is 31.3. The highest BCUT2D eigenvalue weighted by Crippen LogP contribution is 2.28. The highest BCUT2D eigenvalue weighted by Gasteiger charge is 2.37. The Balaban J connectivity index is 1.40. The van der Waals surface area contributed by atoms with Crippen molar-refractivity contribution in [3.8, 4) is 0 Å². The highest BCUT2D eigenvalue weighted by atomic mass is 31.1. The van der Waals surface area contributed by atoms with Gasteiger partial charge >= 0.3 is 38.7 Å². The molecule has 0 spiro atoms. The first-order valence-corrected chi connectivity index (χ1v) is 19.3. The molecule has 4 rings (SSSR count). The largest absolute Gasteiger partial charge is 0.704 e. The number of piperidine rings is 1. The summed E-state index contributed by atoms with van der Waals surface area (Å²) in [5.41, 5.74) is 3.34. The molecule has 2 amide bonds. The third-order valence-electron chi connectivity index (χ3n) is 8.72. The second-order valence-corrected chi connectivity index (χ2v) is 13.9. The molecule has 1 aliphatic heterocycles. The third-order valence-corrected chi connectivity index (χ3v) is 9.42. The molecular weight excluding hydrogens is 699 g/mol. The van der Waals surface area contributed by atoms with Crippen LogP contribution in [0.25, 0.3) is 0 Å². The van der Waals surface area contributed by atoms with E-state index < -0.39 is 50.8 Å². The average molecular weight is 750 g/mol. The molecule has 3 aromatic carbocycles. The lowest BCUT2D eigenvalue weighted by molar-refractivity contribution is -0.233. The smallest absolute Gasteiger partial charge is 0.461 e. The van der Waals surface area contributed by atoms with Crippen LogP contribution in [0.4, 0.5) is 4.79 Å². The van der Waals surface area contributed by atoms with Crippen molar-refractivity contribution in [2.24, 2.45) is 0 Å². The summed E-state index contributed by atoms with van der Waals surface area (Å²) in [6, 6.07) is 27.8. The monoisotopic (exact) mass is 749 g/mol. The summed E-state index contributed by atoms with van der Waals surface area (Å²) in [5, 5.41) is 2.95. The Morgan fingerprint density at radius 1 is 0.755 bits per heavy atom. The lowest BCUT2D eigenvalue weighted by Crippen LogP contribution is -2.55. The van der Waals surface area contributed by atoms with Gasteiger partial charge in [0.15, 0.2) is 0 Å². The number of nitrogens with zero attached hydrogens (tertiary/aromatic N) is 1. The minimum Gasteiger partial charge on any atom is -0.461 e. The number of rotatable bonds is 20. The molecule has 3 aromatic rings. The van der Waals surface area contributed by atoms with E-state index >= 15 is 0 Å². The van der Waals surface area contributed by atoms with Crippen molar-refractivity contribution in [3.63, 3.8) is 0 Å². The molecule has 1 heterocycles. The third kappa shape index (κ3) is 15.5. The summed E-state index contributed by atoms with van der Waals surface area (Å²) in [7, 11) is -2.94. The summed E-state index contributed by atoms with van der Waals surface area (Å²) >= 11 is 0. The Morgan fingerprint density at radius 2 is 1.28 bits per heavy atom. The molecule has 1 saturated heterocycles. The predicted octanol–water partition coefficient (Wildman–Crippen LogP) is 7.22. The Bertz CT molecular complexity index is 1530. The molecule has 1 N–H and O–H groups in total. The number of amides is 2. The van der Waals surface area contributed by atoms with Gasteiger partial charge in [0, 0.05) is 25.0 Å². The van der Waals surface area contributed by atoms with Crippen molar-refractivity contribution in [1.82, 2.24) is 10.2 Å². The summed E-state index contributed by atoms with van der Waals surface area (Å²) < 4.78 is 38.7. The normalized spacial score (nSPS) is 15.1. The van der Waals surface area contributed by atoms with E-state index in [0.717, 1.165) is 57.9 Å². The van der Waals surface area contributed by atoms with Gasteiger partial charge in [0.2, 0.25) is 0 Å². The Labute approximate surface area is 312 Å². The van der Waals surface area contributed by atoms with E-state index in [4.69, 9.17) is 23.3 Å². The molecule has 0 aliphatic carbocycles. The van der Waals surface area contributed by atoms with Gasteiger partial charge in [-0.2, -0.15) is 0 Å². The molecule has 53 heavy (non-hydrogen) atoms. The first-order valence-electron chi connectivity index (χ1n) is 18.2. The fourth-order valence-electron chi connectivity index (χ4n) is 6.18. The zero-order chi connectivity index (χ0) is 37.8. The zero-order valence-electron chi connectivity index (χ0n) is 30.4. The summed E-state index contributed by atoms with van der Waals surface area (Å²) in [6.07, 6.45) is 6.87. The summed E-state index contributed by atoms with van der Waals surface area (Å²) in [5.74, 6) is -2.07. The molecule has 0 aromatic heterocycles. The quantitative estimate of drug-likeness (QED) is 0.0714. The van der Waals surface area contributed by atoms with Crippen LogP contribution >= 0.6 is 8.25 Å². The van der Waals surface area contributed by atoms with E-state index in [1.54, 1.807) is 0 Å². The van der Waals surface area contributed by atoms with Gasteiger partial charge in [0.1, 0.15) is 18.8 Å². The van der Waals surface area contributed by atoms with Crippen LogP contribution < -0.4 is 5.32 Å². The van der Waals surface area contributed by atoms with Crippen LogP contribution in [-0.2, 0) is 61.5 Å². The minimum atomic E-state index is -2.94. The average Bonchev–Trinajstić information content (AvgIpc) is 3.14. The molecule has 284 valence electrons. The molecule has 0 radical (unpaired) electrons. The number of hydrogen-bond acceptors (Lipinski definition) is 10. The maximum Gasteiger partial charge on any atom is 0.704 e. The van der Waals surface area contributed by atoms with Crippen LogP contribution in [0, 0.1) is 0 Å². The van der Waals surface area contributed by atoms with Crippen molar-refractivity contribution < 1.29 is 47.0 Å². The van der Waals surface area contributed by atoms with Gasteiger partial charge in [0.05, 0.1) is 6.04 Å². The highest BCUT2D eigenvalue weighted by molar-refractivity contribution is 7.33. The van der Waals surface area contributed by atoms with E-state index in [9.17, 15) is 23.7 Å². The van der Waals surface area contributed by atoms with Crippen LogP contribution in [0.15, 0.2) is 91.0 Å². The van der Waals surface area contributed by atoms with E-state index in [2.05, 4.69) is 29.6 Å². The molecule has 0 bridgehead atoms. The molecule has 1 fully saturated rings. The lowest BCUT2D eigenvalue weighted by Gasteiger charge is -2.36. The van der Waals surface area contributed by atoms with Crippen molar-refractivity contribution in [2.75, 3.05) is 13.2 Å². The number of carbonyl (C=O) groups excluding carboxylic acids is 4. The number of aryl methyl sites for hydroxylation is 2. The lowest BCUT2D eigenvalue weighted by atomic mass is 10.00. The standard InChI is InChI=1S/C40H49N2O10P/c1-30(43)49-40(50-31(2)44)52-53(47)48-29-35(28-34-20-10-5-11-21-34)41-39(46)42-27-13-12-26-37(42)38(45)51-36(24-14-22-32-16-6-3-7-17-32)25-15-23-33-18-8-4-9-19-33/h3-11,16-21,35-37,40H,12-15,22-29H2,1-2H3/p+1/t35?,37-/m0/s1. The maximum atomic E-state index is 13.9. The van der Waals surface area contributed by atoms with Crippen LogP contribution in [0.1, 0.15) is 75.5 Å². The number of hydrogen-bond donors (Lipinski definition) is 1. The molecular formula is C40H50N2O10P+. The Hall–Kier alpha value is -4.64. The molecule has 13 heteroatoms. The van der Waals surface area contributed by atoms with Crippen molar-refractivity contribution >= 4 is 32.2 Å². The van der Waals surface area contributed by atoms with Gasteiger partial charge in [-0.25, -0.2) is 9.59 Å². The fraction of sp³-hybridized carbons (Fsp3) is 0.450. The Morgan fingerprint density at radius 3 is 1.81 bits per heavy atom. The molecule has 12 nitrogen and oxygen atoms in total. The van der Waals surface area contributed by atoms with Crippen molar-refractivity contribution in [1.29, 1.82) is 0 Å². The van der Waals surface area contributed by atoms with Gasteiger partial charge in [-0.05, 0) is 85.4 Å². The van der Waals surface area contributed by atoms with Gasteiger partial charge in [0.25, 0.3) is 0 Å². The molecule has 3 atom stereocenters. The number of esters is 3. The fourth-order valence-corrected chi connectivity index (χ4v) is 6.77. The van der Waals surface area contributed by atoms with Crippen molar-refractivity contribution in [3.05, 3.63) is 108 Å². The minimum absolute atomic E-state index is 0.267. The number of nitrogens with one attached hydrogen (secondary N) is 1. The van der Waals surface area contributed by atoms with Gasteiger partial charge < -0.3 is 24.4 Å².